The summed E-state index contributed by atoms with van der Waals surface area (Å²) in [5, 5.41) is 0. The van der Waals surface area contributed by atoms with E-state index in [0.717, 1.165) is 18.5 Å². The summed E-state index contributed by atoms with van der Waals surface area (Å²) in [6, 6.07) is 1.70. The van der Waals surface area contributed by atoms with Gasteiger partial charge in [0.25, 0.3) is 5.56 Å². The van der Waals surface area contributed by atoms with E-state index in [9.17, 15) is 9.59 Å². The first-order valence-electron chi connectivity index (χ1n) is 5.71. The predicted octanol–water partition coefficient (Wildman–Crippen LogP) is 1.46. The lowest BCUT2D eigenvalue weighted by Gasteiger charge is -2.17. The highest BCUT2D eigenvalue weighted by Crippen LogP contribution is 2.32. The molecule has 1 fully saturated rings. The Labute approximate surface area is 94.3 Å². The Bertz CT molecular complexity index is 470. The minimum atomic E-state index is -0.255. The summed E-state index contributed by atoms with van der Waals surface area (Å²) in [7, 11) is 0. The van der Waals surface area contributed by atoms with Crippen LogP contribution < -0.4 is 11.2 Å². The minimum absolute atomic E-state index is 0.0706. The molecule has 16 heavy (non-hydrogen) atoms. The number of H-pyrrole nitrogens is 1. The van der Waals surface area contributed by atoms with Crippen molar-refractivity contribution in [2.75, 3.05) is 0 Å². The first-order chi connectivity index (χ1) is 7.37. The molecule has 1 saturated carbocycles. The van der Waals surface area contributed by atoms with E-state index in [1.54, 1.807) is 6.07 Å². The van der Waals surface area contributed by atoms with Crippen LogP contribution in [0.3, 0.4) is 0 Å². The fourth-order valence-corrected chi connectivity index (χ4v) is 1.90. The molecule has 4 nitrogen and oxygen atoms in total. The summed E-state index contributed by atoms with van der Waals surface area (Å²) < 4.78 is 1.34. The molecule has 0 atom stereocenters. The van der Waals surface area contributed by atoms with Crippen LogP contribution in [-0.2, 0) is 6.42 Å². The second kappa shape index (κ2) is 3.61. The zero-order valence-electron chi connectivity index (χ0n) is 10.0. The number of nitrogens with one attached hydrogen (secondary N) is 1. The lowest BCUT2D eigenvalue weighted by atomic mass is 9.90. The number of aromatic nitrogens is 2. The van der Waals surface area contributed by atoms with Gasteiger partial charge < -0.3 is 4.98 Å². The van der Waals surface area contributed by atoms with Gasteiger partial charge in [-0.15, -0.1) is 0 Å². The number of nitrogens with zero attached hydrogens (tertiary/aromatic N) is 1. The van der Waals surface area contributed by atoms with Gasteiger partial charge >= 0.3 is 5.69 Å². The van der Waals surface area contributed by atoms with Crippen molar-refractivity contribution in [1.29, 1.82) is 0 Å². The predicted molar refractivity (Wildman–Crippen MR) is 62.8 cm³/mol. The average molecular weight is 222 g/mol. The molecular formula is C12H18N2O2. The van der Waals surface area contributed by atoms with E-state index >= 15 is 0 Å². The zero-order valence-corrected chi connectivity index (χ0v) is 10.0. The van der Waals surface area contributed by atoms with Gasteiger partial charge in [0.1, 0.15) is 0 Å². The summed E-state index contributed by atoms with van der Waals surface area (Å²) >= 11 is 0. The minimum Gasteiger partial charge on any atom is -0.311 e. The van der Waals surface area contributed by atoms with Crippen molar-refractivity contribution >= 4 is 0 Å². The van der Waals surface area contributed by atoms with E-state index in [-0.39, 0.29) is 22.7 Å². The summed E-state index contributed by atoms with van der Waals surface area (Å²) in [6.07, 6.45) is 2.60. The lowest BCUT2D eigenvalue weighted by molar-refractivity contribution is 0.404. The third-order valence-electron chi connectivity index (χ3n) is 2.65. The van der Waals surface area contributed by atoms with Crippen LogP contribution in [0.2, 0.25) is 0 Å². The van der Waals surface area contributed by atoms with Crippen LogP contribution >= 0.6 is 0 Å². The normalized spacial score (nSPS) is 16.4. The van der Waals surface area contributed by atoms with Crippen molar-refractivity contribution < 1.29 is 0 Å². The topological polar surface area (TPSA) is 54.9 Å². The van der Waals surface area contributed by atoms with E-state index in [4.69, 9.17) is 0 Å². The first-order valence-corrected chi connectivity index (χ1v) is 5.71. The Kier molecular flexibility index (Phi) is 2.52. The fourth-order valence-electron chi connectivity index (χ4n) is 1.90. The van der Waals surface area contributed by atoms with Crippen LogP contribution in [0.5, 0.6) is 0 Å². The highest BCUT2D eigenvalue weighted by Gasteiger charge is 2.27. The van der Waals surface area contributed by atoms with E-state index in [2.05, 4.69) is 25.8 Å². The quantitative estimate of drug-likeness (QED) is 0.823. The Balaban J connectivity index is 2.38. The van der Waals surface area contributed by atoms with Crippen molar-refractivity contribution in [2.24, 2.45) is 5.41 Å². The smallest absolute Gasteiger partial charge is 0.311 e. The monoisotopic (exact) mass is 222 g/mol. The molecule has 88 valence electrons. The molecular weight excluding hydrogens is 204 g/mol. The molecule has 2 rings (SSSR count). The van der Waals surface area contributed by atoms with Crippen molar-refractivity contribution in [3.05, 3.63) is 32.6 Å². The van der Waals surface area contributed by atoms with Crippen LogP contribution in [-0.4, -0.2) is 9.55 Å². The van der Waals surface area contributed by atoms with Gasteiger partial charge in [-0.3, -0.25) is 9.36 Å². The van der Waals surface area contributed by atoms with Crippen LogP contribution in [0, 0.1) is 5.41 Å². The Morgan fingerprint density at radius 2 is 2.00 bits per heavy atom. The number of hydrogen-bond acceptors (Lipinski definition) is 2. The maximum atomic E-state index is 11.8. The van der Waals surface area contributed by atoms with Gasteiger partial charge in [-0.05, 0) is 24.7 Å². The molecule has 0 aromatic carbocycles. The molecule has 0 unspecified atom stereocenters. The molecule has 1 N–H and O–H groups in total. The van der Waals surface area contributed by atoms with E-state index in [1.807, 2.05) is 0 Å². The van der Waals surface area contributed by atoms with Crippen LogP contribution in [0.1, 0.15) is 45.3 Å². The highest BCUT2D eigenvalue weighted by atomic mass is 16.2. The number of hydrogen-bond donors (Lipinski definition) is 1. The summed E-state index contributed by atoms with van der Waals surface area (Å²) in [4.78, 5) is 26.3. The number of aromatic amines is 1. The maximum Gasteiger partial charge on any atom is 0.328 e. The Morgan fingerprint density at radius 3 is 2.44 bits per heavy atom. The van der Waals surface area contributed by atoms with Crippen molar-refractivity contribution in [2.45, 2.75) is 46.1 Å². The summed E-state index contributed by atoms with van der Waals surface area (Å²) in [5.74, 6) is 0. The summed E-state index contributed by atoms with van der Waals surface area (Å²) in [6.45, 7) is 6.24. The van der Waals surface area contributed by atoms with Gasteiger partial charge in [-0.1, -0.05) is 20.8 Å². The third-order valence-corrected chi connectivity index (χ3v) is 2.65. The molecule has 0 saturated heterocycles. The van der Waals surface area contributed by atoms with Gasteiger partial charge in [0.05, 0.1) is 0 Å². The van der Waals surface area contributed by atoms with Crippen LogP contribution in [0.25, 0.3) is 0 Å². The molecule has 0 bridgehead atoms. The summed E-state index contributed by atoms with van der Waals surface area (Å²) in [5.41, 5.74) is 0.389. The van der Waals surface area contributed by atoms with Crippen LogP contribution in [0.15, 0.2) is 15.7 Å². The standard InChI is InChI=1S/C12H18N2O2/c1-12(2,3)7-8-6-10(15)14(9-4-5-9)11(16)13-8/h6,9H,4-5,7H2,1-3H3,(H,13,16). The van der Waals surface area contributed by atoms with Gasteiger partial charge in [-0.25, -0.2) is 4.79 Å². The zero-order chi connectivity index (χ0) is 11.9. The highest BCUT2D eigenvalue weighted by molar-refractivity contribution is 5.04. The van der Waals surface area contributed by atoms with Crippen molar-refractivity contribution in [3.63, 3.8) is 0 Å². The van der Waals surface area contributed by atoms with Crippen molar-refractivity contribution in [3.8, 4) is 0 Å². The first kappa shape index (κ1) is 11.2. The lowest BCUT2D eigenvalue weighted by Crippen LogP contribution is -2.35. The molecule has 1 aliphatic carbocycles. The largest absolute Gasteiger partial charge is 0.328 e. The van der Waals surface area contributed by atoms with E-state index in [0.29, 0.717) is 6.42 Å². The fraction of sp³-hybridized carbons (Fsp3) is 0.667. The van der Waals surface area contributed by atoms with Crippen LogP contribution in [0.4, 0.5) is 0 Å². The SMILES string of the molecule is CC(C)(C)Cc1cc(=O)n(C2CC2)c(=O)[nH]1. The second-order valence-corrected chi connectivity index (χ2v) is 5.78. The molecule has 0 amide bonds. The van der Waals surface area contributed by atoms with Crippen molar-refractivity contribution in [1.82, 2.24) is 9.55 Å². The molecule has 1 aromatic rings. The average Bonchev–Trinajstić information content (AvgIpc) is 2.82. The maximum absolute atomic E-state index is 11.8. The third kappa shape index (κ3) is 2.43. The Hall–Kier alpha value is -1.32. The second-order valence-electron chi connectivity index (χ2n) is 5.78. The molecule has 0 radical (unpaired) electrons. The van der Waals surface area contributed by atoms with E-state index in [1.165, 1.54) is 4.57 Å². The van der Waals surface area contributed by atoms with Gasteiger partial charge in [0.15, 0.2) is 0 Å². The van der Waals surface area contributed by atoms with Gasteiger partial charge in [0, 0.05) is 17.8 Å². The van der Waals surface area contributed by atoms with Gasteiger partial charge in [0.2, 0.25) is 0 Å². The molecule has 4 heteroatoms. The number of rotatable bonds is 2. The molecule has 0 aliphatic heterocycles. The molecule has 1 heterocycles. The molecule has 0 spiro atoms. The molecule has 1 aromatic heterocycles. The Morgan fingerprint density at radius 1 is 1.38 bits per heavy atom. The van der Waals surface area contributed by atoms with E-state index < -0.39 is 0 Å². The van der Waals surface area contributed by atoms with Gasteiger partial charge in [-0.2, -0.15) is 0 Å². The molecule has 1 aliphatic rings.